The summed E-state index contributed by atoms with van der Waals surface area (Å²) in [6.45, 7) is 0. The fourth-order valence-electron chi connectivity index (χ4n) is 1.79. The molecule has 0 radical (unpaired) electrons. The first-order valence-electron chi connectivity index (χ1n) is 5.53. The molecule has 0 aliphatic heterocycles. The number of aromatic nitrogens is 2. The third-order valence-corrected chi connectivity index (χ3v) is 2.67. The van der Waals surface area contributed by atoms with Crippen LogP contribution in [0.2, 0.25) is 0 Å². The summed E-state index contributed by atoms with van der Waals surface area (Å²) in [5.41, 5.74) is 0. The summed E-state index contributed by atoms with van der Waals surface area (Å²) in [4.78, 5) is 22.3. The number of nitrogens with zero attached hydrogens (tertiary/aromatic N) is 2. The minimum absolute atomic E-state index is 0.255. The second-order valence-corrected chi connectivity index (χ2v) is 4.14. The first-order valence-corrected chi connectivity index (χ1v) is 5.53. The Morgan fingerprint density at radius 1 is 1.50 bits per heavy atom. The monoisotopic (exact) mass is 250 g/mol. The summed E-state index contributed by atoms with van der Waals surface area (Å²) in [5, 5.41) is 18.1. The Bertz CT molecular complexity index is 494. The quantitative estimate of drug-likeness (QED) is 0.683. The molecule has 2 atom stereocenters. The van der Waals surface area contributed by atoms with Gasteiger partial charge >= 0.3 is 12.0 Å². The second-order valence-electron chi connectivity index (χ2n) is 4.14. The van der Waals surface area contributed by atoms with Crippen LogP contribution in [0.3, 0.4) is 0 Å². The Labute approximate surface area is 103 Å². The Hall–Kier alpha value is -2.31. The van der Waals surface area contributed by atoms with Crippen molar-refractivity contribution in [1.82, 2.24) is 15.1 Å². The third kappa shape index (κ3) is 2.88. The maximum Gasteiger partial charge on any atom is 0.320 e. The average molecular weight is 250 g/mol. The number of anilines is 1. The van der Waals surface area contributed by atoms with Crippen LogP contribution in [0.25, 0.3) is 0 Å². The van der Waals surface area contributed by atoms with Gasteiger partial charge in [0.1, 0.15) is 0 Å². The Morgan fingerprint density at radius 2 is 2.28 bits per heavy atom. The van der Waals surface area contributed by atoms with Crippen LogP contribution in [0.1, 0.15) is 6.42 Å². The summed E-state index contributed by atoms with van der Waals surface area (Å²) in [7, 11) is 1.75. The lowest BCUT2D eigenvalue weighted by molar-refractivity contribution is -0.140. The minimum atomic E-state index is -0.874. The lowest BCUT2D eigenvalue weighted by atomic mass is 10.1. The zero-order chi connectivity index (χ0) is 13.1. The Kier molecular flexibility index (Phi) is 3.31. The third-order valence-electron chi connectivity index (χ3n) is 2.67. The van der Waals surface area contributed by atoms with E-state index in [9.17, 15) is 9.59 Å². The van der Waals surface area contributed by atoms with Gasteiger partial charge in [-0.05, 0) is 6.42 Å². The lowest BCUT2D eigenvalue weighted by Crippen LogP contribution is -2.36. The van der Waals surface area contributed by atoms with Crippen molar-refractivity contribution in [2.24, 2.45) is 13.0 Å². The normalized spacial score (nSPS) is 21.8. The van der Waals surface area contributed by atoms with Gasteiger partial charge in [-0.25, -0.2) is 4.79 Å². The predicted molar refractivity (Wildman–Crippen MR) is 64.0 cm³/mol. The number of carboxylic acids is 1. The van der Waals surface area contributed by atoms with Crippen molar-refractivity contribution in [2.75, 3.05) is 5.32 Å². The molecule has 1 aliphatic carbocycles. The van der Waals surface area contributed by atoms with Gasteiger partial charge in [-0.15, -0.1) is 0 Å². The van der Waals surface area contributed by atoms with Crippen molar-refractivity contribution >= 4 is 17.8 Å². The number of aliphatic carboxylic acids is 1. The molecule has 0 bridgehead atoms. The van der Waals surface area contributed by atoms with E-state index in [-0.39, 0.29) is 6.04 Å². The fourth-order valence-corrected chi connectivity index (χ4v) is 1.79. The second kappa shape index (κ2) is 4.91. The first-order chi connectivity index (χ1) is 8.54. The number of hydrogen-bond donors (Lipinski definition) is 3. The van der Waals surface area contributed by atoms with Gasteiger partial charge in [-0.3, -0.25) is 14.8 Å². The molecule has 2 amide bonds. The fraction of sp³-hybridized carbons (Fsp3) is 0.364. The molecule has 1 aromatic heterocycles. The van der Waals surface area contributed by atoms with E-state index in [1.54, 1.807) is 36.1 Å². The number of carbonyl (C=O) groups excluding carboxylic acids is 1. The van der Waals surface area contributed by atoms with Gasteiger partial charge in [-0.2, -0.15) is 5.10 Å². The van der Waals surface area contributed by atoms with E-state index in [0.29, 0.717) is 12.2 Å². The van der Waals surface area contributed by atoms with E-state index in [2.05, 4.69) is 15.7 Å². The zero-order valence-electron chi connectivity index (χ0n) is 9.83. The standard InChI is InChI=1S/C11H14N4O3/c1-15-5-4-9(14-15)13-11(18)12-8-3-2-7(6-8)10(16)17/h2-5,7-8H,6H2,1H3,(H,16,17)(H2,12,13,14,18). The van der Waals surface area contributed by atoms with E-state index in [0.717, 1.165) is 0 Å². The molecule has 3 N–H and O–H groups in total. The highest BCUT2D eigenvalue weighted by Crippen LogP contribution is 2.17. The number of nitrogens with one attached hydrogen (secondary N) is 2. The topological polar surface area (TPSA) is 96.2 Å². The molecule has 0 saturated carbocycles. The molecular formula is C11H14N4O3. The summed E-state index contributed by atoms with van der Waals surface area (Å²) in [5.74, 6) is -0.947. The van der Waals surface area contributed by atoms with E-state index in [1.807, 2.05) is 0 Å². The van der Waals surface area contributed by atoms with Crippen molar-refractivity contribution in [1.29, 1.82) is 0 Å². The van der Waals surface area contributed by atoms with Crippen molar-refractivity contribution in [3.05, 3.63) is 24.4 Å². The van der Waals surface area contributed by atoms with Gasteiger partial charge in [0.25, 0.3) is 0 Å². The Morgan fingerprint density at radius 3 is 2.83 bits per heavy atom. The van der Waals surface area contributed by atoms with Crippen LogP contribution in [0.5, 0.6) is 0 Å². The first kappa shape index (κ1) is 12.2. The molecule has 18 heavy (non-hydrogen) atoms. The largest absolute Gasteiger partial charge is 0.481 e. The number of hydrogen-bond acceptors (Lipinski definition) is 3. The van der Waals surface area contributed by atoms with Crippen molar-refractivity contribution in [3.8, 4) is 0 Å². The van der Waals surface area contributed by atoms with Crippen molar-refractivity contribution in [3.63, 3.8) is 0 Å². The van der Waals surface area contributed by atoms with Gasteiger partial charge in [0.15, 0.2) is 5.82 Å². The SMILES string of the molecule is Cn1ccc(NC(=O)NC2C=CC(C(=O)O)C2)n1. The highest BCUT2D eigenvalue weighted by Gasteiger charge is 2.25. The lowest BCUT2D eigenvalue weighted by Gasteiger charge is -2.11. The van der Waals surface area contributed by atoms with Gasteiger partial charge in [-0.1, -0.05) is 12.2 Å². The van der Waals surface area contributed by atoms with Crippen LogP contribution in [-0.2, 0) is 11.8 Å². The molecule has 96 valence electrons. The molecule has 7 heteroatoms. The zero-order valence-corrected chi connectivity index (χ0v) is 9.83. The predicted octanol–water partition coefficient (Wildman–Crippen LogP) is 0.571. The molecule has 2 unspecified atom stereocenters. The van der Waals surface area contributed by atoms with E-state index >= 15 is 0 Å². The van der Waals surface area contributed by atoms with Crippen LogP contribution in [0, 0.1) is 5.92 Å². The number of urea groups is 1. The highest BCUT2D eigenvalue weighted by molar-refractivity contribution is 5.88. The highest BCUT2D eigenvalue weighted by atomic mass is 16.4. The molecule has 0 saturated heterocycles. The molecule has 0 spiro atoms. The Balaban J connectivity index is 1.82. The van der Waals surface area contributed by atoms with E-state index in [1.165, 1.54) is 0 Å². The summed E-state index contributed by atoms with van der Waals surface area (Å²) >= 11 is 0. The maximum atomic E-state index is 11.6. The number of amides is 2. The van der Waals surface area contributed by atoms with Crippen LogP contribution >= 0.6 is 0 Å². The molecule has 0 fully saturated rings. The molecule has 2 rings (SSSR count). The van der Waals surface area contributed by atoms with Gasteiger partial charge in [0, 0.05) is 19.3 Å². The molecular weight excluding hydrogens is 236 g/mol. The van der Waals surface area contributed by atoms with E-state index < -0.39 is 17.9 Å². The molecule has 1 heterocycles. The van der Waals surface area contributed by atoms with Gasteiger partial charge in [0.05, 0.1) is 12.0 Å². The van der Waals surface area contributed by atoms with Crippen molar-refractivity contribution in [2.45, 2.75) is 12.5 Å². The summed E-state index contributed by atoms with van der Waals surface area (Å²) in [6, 6.07) is 1.02. The van der Waals surface area contributed by atoms with Gasteiger partial charge in [0.2, 0.25) is 0 Å². The van der Waals surface area contributed by atoms with Crippen LogP contribution in [0.4, 0.5) is 10.6 Å². The number of rotatable bonds is 3. The number of aryl methyl sites for hydroxylation is 1. The molecule has 7 nitrogen and oxygen atoms in total. The average Bonchev–Trinajstić information content (AvgIpc) is 2.88. The van der Waals surface area contributed by atoms with Gasteiger partial charge < -0.3 is 10.4 Å². The molecule has 1 aliphatic rings. The number of carbonyl (C=O) groups is 2. The summed E-state index contributed by atoms with van der Waals surface area (Å²) in [6.07, 6.45) is 5.38. The minimum Gasteiger partial charge on any atom is -0.481 e. The van der Waals surface area contributed by atoms with Crippen LogP contribution < -0.4 is 10.6 Å². The van der Waals surface area contributed by atoms with Crippen molar-refractivity contribution < 1.29 is 14.7 Å². The van der Waals surface area contributed by atoms with E-state index in [4.69, 9.17) is 5.11 Å². The summed E-state index contributed by atoms with van der Waals surface area (Å²) < 4.78 is 1.57. The van der Waals surface area contributed by atoms with Crippen LogP contribution in [0.15, 0.2) is 24.4 Å². The smallest absolute Gasteiger partial charge is 0.320 e. The van der Waals surface area contributed by atoms with Crippen LogP contribution in [-0.4, -0.2) is 32.9 Å². The number of carboxylic acid groups (broad SMARTS) is 1. The maximum absolute atomic E-state index is 11.6. The molecule has 0 aromatic carbocycles. The molecule has 1 aromatic rings.